The number of alkyl halides is 3. The van der Waals surface area contributed by atoms with Gasteiger partial charge in [-0.2, -0.15) is 13.2 Å². The van der Waals surface area contributed by atoms with Crippen molar-refractivity contribution in [2.24, 2.45) is 0 Å². The Labute approximate surface area is 161 Å². The van der Waals surface area contributed by atoms with Crippen LogP contribution in [0.1, 0.15) is 31.2 Å². The number of aliphatic hydroxyl groups excluding tert-OH is 1. The molecule has 9 heteroatoms. The van der Waals surface area contributed by atoms with Crippen LogP contribution in [0.25, 0.3) is 0 Å². The fourth-order valence-electron chi connectivity index (χ4n) is 2.51. The molecule has 28 heavy (non-hydrogen) atoms. The number of carbonyl (C=O) groups excluding carboxylic acids is 2. The van der Waals surface area contributed by atoms with Crippen molar-refractivity contribution in [2.75, 3.05) is 14.2 Å². The highest BCUT2D eigenvalue weighted by atomic mass is 19.4. The van der Waals surface area contributed by atoms with Crippen LogP contribution in [0.5, 0.6) is 5.75 Å². The van der Waals surface area contributed by atoms with Gasteiger partial charge in [0.05, 0.1) is 20.3 Å². The number of hydrogen-bond donors (Lipinski definition) is 2. The molecule has 0 aromatic heterocycles. The van der Waals surface area contributed by atoms with E-state index in [1.54, 1.807) is 13.0 Å². The largest absolute Gasteiger partial charge is 0.496 e. The molecule has 0 saturated carbocycles. The van der Waals surface area contributed by atoms with E-state index in [4.69, 9.17) is 4.74 Å². The molecule has 3 atom stereocenters. The lowest BCUT2D eigenvalue weighted by atomic mass is 9.96. The topological polar surface area (TPSA) is 84.9 Å². The molecule has 6 nitrogen and oxygen atoms in total. The molecule has 1 aromatic rings. The van der Waals surface area contributed by atoms with Crippen LogP contribution in [-0.2, 0) is 14.3 Å². The van der Waals surface area contributed by atoms with Crippen LogP contribution >= 0.6 is 0 Å². The van der Waals surface area contributed by atoms with Crippen LogP contribution in [0.15, 0.2) is 36.4 Å². The van der Waals surface area contributed by atoms with Gasteiger partial charge in [-0.05, 0) is 25.8 Å². The fraction of sp³-hybridized carbons (Fsp3) is 0.474. The second-order valence-electron chi connectivity index (χ2n) is 6.09. The van der Waals surface area contributed by atoms with E-state index in [1.165, 1.54) is 31.4 Å². The van der Waals surface area contributed by atoms with Crippen molar-refractivity contribution < 1.29 is 37.3 Å². The lowest BCUT2D eigenvalue weighted by molar-refractivity contribution is -0.167. The number of para-hydroxylation sites is 1. The molecule has 0 spiro atoms. The molecule has 0 aliphatic carbocycles. The van der Waals surface area contributed by atoms with E-state index in [2.05, 4.69) is 10.1 Å². The summed E-state index contributed by atoms with van der Waals surface area (Å²) in [6.07, 6.45) is -2.24. The molecule has 156 valence electrons. The summed E-state index contributed by atoms with van der Waals surface area (Å²) in [7, 11) is 2.27. The highest BCUT2D eigenvalue weighted by Gasteiger charge is 2.48. The van der Waals surface area contributed by atoms with E-state index in [9.17, 15) is 27.9 Å². The molecule has 0 unspecified atom stereocenters. The number of rotatable bonds is 9. The standard InChI is InChI=1S/C19H24F3NO5/c1-12(24)8-4-6-10-14(18(26)28-3)23-17(25)16(19(20,21)22)13-9-5-7-11-15(13)27-2/h4-7,9,11-12,14,16,24H,8,10H2,1-3H3,(H,23,25)/b6-4+/t12-,14-,16+/m0/s1. The number of aliphatic hydroxyl groups is 1. The molecule has 0 heterocycles. The summed E-state index contributed by atoms with van der Waals surface area (Å²) in [4.78, 5) is 24.4. The van der Waals surface area contributed by atoms with Crippen molar-refractivity contribution in [1.82, 2.24) is 5.32 Å². The highest BCUT2D eigenvalue weighted by Crippen LogP contribution is 2.39. The zero-order chi connectivity index (χ0) is 21.3. The molecule has 1 amide bonds. The van der Waals surface area contributed by atoms with Crippen molar-refractivity contribution in [1.29, 1.82) is 0 Å². The number of halogens is 3. The number of esters is 1. The summed E-state index contributed by atoms with van der Waals surface area (Å²) < 4.78 is 50.4. The van der Waals surface area contributed by atoms with Crippen LogP contribution in [0.2, 0.25) is 0 Å². The highest BCUT2D eigenvalue weighted by molar-refractivity contribution is 5.89. The molecule has 0 saturated heterocycles. The first-order valence-corrected chi connectivity index (χ1v) is 8.52. The molecule has 1 rings (SSSR count). The summed E-state index contributed by atoms with van der Waals surface area (Å²) in [5.41, 5.74) is -0.358. The maximum absolute atomic E-state index is 13.6. The Morgan fingerprint density at radius 2 is 1.79 bits per heavy atom. The van der Waals surface area contributed by atoms with Crippen LogP contribution in [0.4, 0.5) is 13.2 Å². The maximum Gasteiger partial charge on any atom is 0.404 e. The van der Waals surface area contributed by atoms with Crippen molar-refractivity contribution in [3.05, 3.63) is 42.0 Å². The number of benzene rings is 1. The van der Waals surface area contributed by atoms with Crippen molar-refractivity contribution in [3.63, 3.8) is 0 Å². The average Bonchev–Trinajstić information content (AvgIpc) is 2.62. The summed E-state index contributed by atoms with van der Waals surface area (Å²) in [5.74, 6) is -4.88. The minimum Gasteiger partial charge on any atom is -0.496 e. The first-order valence-electron chi connectivity index (χ1n) is 8.52. The number of amides is 1. The van der Waals surface area contributed by atoms with Crippen molar-refractivity contribution in [2.45, 2.75) is 44.0 Å². The molecule has 0 fully saturated rings. The molecule has 0 aliphatic rings. The predicted octanol–water partition coefficient (Wildman–Crippen LogP) is 2.72. The zero-order valence-electron chi connectivity index (χ0n) is 15.8. The summed E-state index contributed by atoms with van der Waals surface area (Å²) in [5, 5.41) is 11.3. The minimum absolute atomic E-state index is 0.0817. The summed E-state index contributed by atoms with van der Waals surface area (Å²) >= 11 is 0. The first-order chi connectivity index (χ1) is 13.1. The van der Waals surface area contributed by atoms with Crippen LogP contribution in [0.3, 0.4) is 0 Å². The van der Waals surface area contributed by atoms with Gasteiger partial charge in [-0.3, -0.25) is 4.79 Å². The summed E-state index contributed by atoms with van der Waals surface area (Å²) in [6, 6.07) is 4.00. The average molecular weight is 403 g/mol. The van der Waals surface area contributed by atoms with Gasteiger partial charge in [0, 0.05) is 5.56 Å². The molecule has 2 N–H and O–H groups in total. The predicted molar refractivity (Wildman–Crippen MR) is 95.8 cm³/mol. The van der Waals surface area contributed by atoms with Gasteiger partial charge >= 0.3 is 12.1 Å². The molecule has 0 bridgehead atoms. The van der Waals surface area contributed by atoms with Gasteiger partial charge in [-0.1, -0.05) is 30.4 Å². The molecular formula is C19H24F3NO5. The van der Waals surface area contributed by atoms with Crippen molar-refractivity contribution >= 4 is 11.9 Å². The minimum atomic E-state index is -4.90. The fourth-order valence-corrected chi connectivity index (χ4v) is 2.51. The van der Waals surface area contributed by atoms with E-state index < -0.39 is 36.1 Å². The Morgan fingerprint density at radius 3 is 2.32 bits per heavy atom. The van der Waals surface area contributed by atoms with Crippen LogP contribution < -0.4 is 10.1 Å². The molecular weight excluding hydrogens is 379 g/mol. The van der Waals surface area contributed by atoms with E-state index >= 15 is 0 Å². The summed E-state index contributed by atoms with van der Waals surface area (Å²) in [6.45, 7) is 1.56. The van der Waals surface area contributed by atoms with Gasteiger partial charge in [-0.15, -0.1) is 0 Å². The zero-order valence-corrected chi connectivity index (χ0v) is 15.8. The normalized spacial score (nSPS) is 15.0. The molecule has 0 aliphatic heterocycles. The Morgan fingerprint density at radius 1 is 1.18 bits per heavy atom. The second kappa shape index (κ2) is 10.7. The SMILES string of the molecule is COC(=O)[C@H](C/C=C/C[C@H](C)O)NC(=O)[C@@H](c1ccccc1OC)C(F)(F)F. The van der Waals surface area contributed by atoms with Crippen LogP contribution in [0, 0.1) is 0 Å². The van der Waals surface area contributed by atoms with Gasteiger partial charge in [-0.25, -0.2) is 4.79 Å². The van der Waals surface area contributed by atoms with Gasteiger partial charge in [0.1, 0.15) is 11.8 Å². The van der Waals surface area contributed by atoms with Gasteiger partial charge in [0.2, 0.25) is 5.91 Å². The molecule has 0 radical (unpaired) electrons. The third-order valence-electron chi connectivity index (χ3n) is 3.86. The lowest BCUT2D eigenvalue weighted by Gasteiger charge is -2.24. The quantitative estimate of drug-likeness (QED) is 0.489. The number of carbonyl (C=O) groups is 2. The number of hydrogen-bond acceptors (Lipinski definition) is 5. The number of nitrogens with one attached hydrogen (secondary N) is 1. The lowest BCUT2D eigenvalue weighted by Crippen LogP contribution is -2.46. The van der Waals surface area contributed by atoms with Gasteiger partial charge < -0.3 is 19.9 Å². The third-order valence-corrected chi connectivity index (χ3v) is 3.86. The Hall–Kier alpha value is -2.55. The Bertz CT molecular complexity index is 688. The van der Waals surface area contributed by atoms with E-state index in [1.807, 2.05) is 0 Å². The Balaban J connectivity index is 3.09. The first kappa shape index (κ1) is 23.5. The number of ether oxygens (including phenoxy) is 2. The Kier molecular flexibility index (Phi) is 8.98. The van der Waals surface area contributed by atoms with Crippen LogP contribution in [-0.4, -0.2) is 49.5 Å². The third kappa shape index (κ3) is 6.88. The van der Waals surface area contributed by atoms with E-state index in [0.29, 0.717) is 6.42 Å². The molecule has 1 aromatic carbocycles. The maximum atomic E-state index is 13.6. The number of methoxy groups -OCH3 is 2. The second-order valence-corrected chi connectivity index (χ2v) is 6.09. The van der Waals surface area contributed by atoms with Gasteiger partial charge in [0.15, 0.2) is 5.92 Å². The van der Waals surface area contributed by atoms with E-state index in [-0.39, 0.29) is 17.7 Å². The monoisotopic (exact) mass is 403 g/mol. The van der Waals surface area contributed by atoms with Gasteiger partial charge in [0.25, 0.3) is 0 Å². The smallest absolute Gasteiger partial charge is 0.404 e. The van der Waals surface area contributed by atoms with Crippen molar-refractivity contribution in [3.8, 4) is 5.75 Å². The van der Waals surface area contributed by atoms with E-state index in [0.717, 1.165) is 13.2 Å².